The van der Waals surface area contributed by atoms with Crippen molar-refractivity contribution in [3.8, 4) is 0 Å². The van der Waals surface area contributed by atoms with Crippen molar-refractivity contribution in [1.82, 2.24) is 15.5 Å². The molecule has 0 aromatic heterocycles. The van der Waals surface area contributed by atoms with E-state index in [2.05, 4.69) is 29.4 Å². The van der Waals surface area contributed by atoms with Gasteiger partial charge in [-0.25, -0.2) is 0 Å². The van der Waals surface area contributed by atoms with Crippen LogP contribution in [0.1, 0.15) is 29.8 Å². The molecule has 0 bridgehead atoms. The van der Waals surface area contributed by atoms with E-state index in [1.54, 1.807) is 6.07 Å². The molecule has 5 heteroatoms. The molecular formula is C15H23N3OS. The van der Waals surface area contributed by atoms with Crippen molar-refractivity contribution in [2.45, 2.75) is 20.8 Å². The maximum Gasteiger partial charge on any atom is 0.257 e. The molecule has 20 heavy (non-hydrogen) atoms. The van der Waals surface area contributed by atoms with Gasteiger partial charge in [0.1, 0.15) is 0 Å². The van der Waals surface area contributed by atoms with Crippen LogP contribution in [0.25, 0.3) is 0 Å². The molecule has 0 atom stereocenters. The molecule has 1 amide bonds. The highest BCUT2D eigenvalue weighted by molar-refractivity contribution is 7.80. The average molecular weight is 293 g/mol. The van der Waals surface area contributed by atoms with Crippen molar-refractivity contribution in [3.63, 3.8) is 0 Å². The number of hydrogen-bond acceptors (Lipinski definition) is 3. The number of likely N-dealkylation sites (N-methyl/N-ethyl adjacent to an activating group) is 1. The molecule has 4 nitrogen and oxygen atoms in total. The van der Waals surface area contributed by atoms with Gasteiger partial charge in [-0.15, -0.1) is 0 Å². The number of nitrogens with one attached hydrogen (secondary N) is 2. The van der Waals surface area contributed by atoms with Crippen molar-refractivity contribution < 1.29 is 4.79 Å². The van der Waals surface area contributed by atoms with Gasteiger partial charge in [-0.05, 0) is 44.4 Å². The highest BCUT2D eigenvalue weighted by Crippen LogP contribution is 2.03. The summed E-state index contributed by atoms with van der Waals surface area (Å²) in [6, 6.07) is 7.44. The first kappa shape index (κ1) is 16.6. The number of rotatable bonds is 6. The third kappa shape index (κ3) is 5.67. The second-order valence-corrected chi connectivity index (χ2v) is 5.01. The van der Waals surface area contributed by atoms with Crippen molar-refractivity contribution >= 4 is 23.2 Å². The lowest BCUT2D eigenvalue weighted by atomic mass is 10.1. The van der Waals surface area contributed by atoms with Gasteiger partial charge in [0.25, 0.3) is 5.91 Å². The van der Waals surface area contributed by atoms with Gasteiger partial charge in [-0.3, -0.25) is 10.1 Å². The Morgan fingerprint density at radius 2 is 2.00 bits per heavy atom. The highest BCUT2D eigenvalue weighted by Gasteiger charge is 2.07. The normalized spacial score (nSPS) is 10.4. The summed E-state index contributed by atoms with van der Waals surface area (Å²) in [4.78, 5) is 14.3. The molecule has 0 saturated carbocycles. The number of aryl methyl sites for hydroxylation is 1. The van der Waals surface area contributed by atoms with Crippen molar-refractivity contribution in [3.05, 3.63) is 35.4 Å². The smallest absolute Gasteiger partial charge is 0.257 e. The zero-order chi connectivity index (χ0) is 15.0. The quantitative estimate of drug-likeness (QED) is 0.787. The largest absolute Gasteiger partial charge is 0.361 e. The van der Waals surface area contributed by atoms with E-state index in [-0.39, 0.29) is 5.91 Å². The van der Waals surface area contributed by atoms with Crippen LogP contribution in [0.5, 0.6) is 0 Å². The fourth-order valence-electron chi connectivity index (χ4n) is 1.87. The number of hydrogen-bond donors (Lipinski definition) is 2. The van der Waals surface area contributed by atoms with Gasteiger partial charge in [0, 0.05) is 18.7 Å². The zero-order valence-electron chi connectivity index (χ0n) is 12.4. The predicted molar refractivity (Wildman–Crippen MR) is 87.0 cm³/mol. The average Bonchev–Trinajstić information content (AvgIpc) is 2.43. The second kappa shape index (κ2) is 8.66. The van der Waals surface area contributed by atoms with Gasteiger partial charge >= 0.3 is 0 Å². The summed E-state index contributed by atoms with van der Waals surface area (Å²) in [6.07, 6.45) is 0. The lowest BCUT2D eigenvalue weighted by Gasteiger charge is -2.18. The number of carbonyl (C=O) groups is 1. The van der Waals surface area contributed by atoms with E-state index in [9.17, 15) is 4.79 Å². The van der Waals surface area contributed by atoms with Crippen LogP contribution in [0, 0.1) is 6.92 Å². The first-order valence-electron chi connectivity index (χ1n) is 6.95. The Morgan fingerprint density at radius 1 is 1.30 bits per heavy atom. The summed E-state index contributed by atoms with van der Waals surface area (Å²) in [5.74, 6) is -0.172. The molecule has 0 radical (unpaired) electrons. The molecule has 0 saturated heterocycles. The molecule has 0 spiro atoms. The summed E-state index contributed by atoms with van der Waals surface area (Å²) in [5.41, 5.74) is 1.68. The molecule has 110 valence electrons. The number of benzene rings is 1. The minimum atomic E-state index is -0.172. The Balaban J connectivity index is 2.37. The Kier molecular flexibility index (Phi) is 7.18. The van der Waals surface area contributed by atoms with Gasteiger partial charge in [-0.2, -0.15) is 0 Å². The molecule has 0 fully saturated rings. The van der Waals surface area contributed by atoms with Crippen molar-refractivity contribution in [2.24, 2.45) is 0 Å². The Hall–Kier alpha value is -1.46. The lowest BCUT2D eigenvalue weighted by molar-refractivity contribution is 0.0976. The standard InChI is InChI=1S/C15H23N3OS/c1-4-18(5-2)10-9-16-15(20)17-14(19)13-8-6-7-12(3)11-13/h6-8,11H,4-5,9-10H2,1-3H3,(H2,16,17,19,20). The Bertz CT molecular complexity index is 458. The molecule has 1 aromatic rings. The molecule has 0 aliphatic heterocycles. The van der Waals surface area contributed by atoms with Crippen LogP contribution in [0.15, 0.2) is 24.3 Å². The maximum absolute atomic E-state index is 12.0. The summed E-state index contributed by atoms with van der Waals surface area (Å²) in [7, 11) is 0. The van der Waals surface area contributed by atoms with Gasteiger partial charge in [-0.1, -0.05) is 31.5 Å². The van der Waals surface area contributed by atoms with Gasteiger partial charge in [0.2, 0.25) is 0 Å². The number of amides is 1. The van der Waals surface area contributed by atoms with E-state index < -0.39 is 0 Å². The van der Waals surface area contributed by atoms with E-state index in [0.29, 0.717) is 10.7 Å². The van der Waals surface area contributed by atoms with E-state index in [0.717, 1.165) is 31.7 Å². The summed E-state index contributed by atoms with van der Waals surface area (Å²) in [6.45, 7) is 9.88. The monoisotopic (exact) mass is 293 g/mol. The van der Waals surface area contributed by atoms with Crippen LogP contribution in [0.2, 0.25) is 0 Å². The number of nitrogens with zero attached hydrogens (tertiary/aromatic N) is 1. The fourth-order valence-corrected chi connectivity index (χ4v) is 2.07. The van der Waals surface area contributed by atoms with Crippen LogP contribution >= 0.6 is 12.2 Å². The molecule has 0 aliphatic rings. The third-order valence-electron chi connectivity index (χ3n) is 3.12. The Labute approximate surface area is 126 Å². The summed E-state index contributed by atoms with van der Waals surface area (Å²) < 4.78 is 0. The maximum atomic E-state index is 12.0. The first-order valence-corrected chi connectivity index (χ1v) is 7.35. The highest BCUT2D eigenvalue weighted by atomic mass is 32.1. The van der Waals surface area contributed by atoms with Crippen LogP contribution in [0.3, 0.4) is 0 Å². The van der Waals surface area contributed by atoms with Crippen LogP contribution in [-0.2, 0) is 0 Å². The fraction of sp³-hybridized carbons (Fsp3) is 0.467. The first-order chi connectivity index (χ1) is 9.56. The van der Waals surface area contributed by atoms with Gasteiger partial charge < -0.3 is 10.2 Å². The van der Waals surface area contributed by atoms with Crippen molar-refractivity contribution in [2.75, 3.05) is 26.2 Å². The van der Waals surface area contributed by atoms with Crippen molar-refractivity contribution in [1.29, 1.82) is 0 Å². The third-order valence-corrected chi connectivity index (χ3v) is 3.36. The Morgan fingerprint density at radius 3 is 2.60 bits per heavy atom. The number of thiocarbonyl (C=S) groups is 1. The van der Waals surface area contributed by atoms with Crippen LogP contribution in [-0.4, -0.2) is 42.1 Å². The predicted octanol–water partition coefficient (Wildman–Crippen LogP) is 1.94. The van der Waals surface area contributed by atoms with Crippen LogP contribution in [0.4, 0.5) is 0 Å². The molecule has 2 N–H and O–H groups in total. The molecule has 1 rings (SSSR count). The molecule has 1 aromatic carbocycles. The SMILES string of the molecule is CCN(CC)CCNC(=S)NC(=O)c1cccc(C)c1. The van der Waals surface area contributed by atoms with Gasteiger partial charge in [0.15, 0.2) is 5.11 Å². The number of carbonyl (C=O) groups excluding carboxylic acids is 1. The van der Waals surface area contributed by atoms with Crippen LogP contribution < -0.4 is 10.6 Å². The van der Waals surface area contributed by atoms with E-state index >= 15 is 0 Å². The zero-order valence-corrected chi connectivity index (χ0v) is 13.2. The molecule has 0 unspecified atom stereocenters. The topological polar surface area (TPSA) is 44.4 Å². The molecular weight excluding hydrogens is 270 g/mol. The summed E-state index contributed by atoms with van der Waals surface area (Å²) in [5, 5.41) is 6.13. The second-order valence-electron chi connectivity index (χ2n) is 4.61. The van der Waals surface area contributed by atoms with Gasteiger partial charge in [0.05, 0.1) is 0 Å². The molecule has 0 heterocycles. The lowest BCUT2D eigenvalue weighted by Crippen LogP contribution is -2.42. The molecule has 0 aliphatic carbocycles. The van der Waals surface area contributed by atoms with E-state index in [1.165, 1.54) is 0 Å². The minimum Gasteiger partial charge on any atom is -0.361 e. The summed E-state index contributed by atoms with van der Waals surface area (Å²) >= 11 is 5.13. The van der Waals surface area contributed by atoms with E-state index in [4.69, 9.17) is 12.2 Å². The minimum absolute atomic E-state index is 0.172. The van der Waals surface area contributed by atoms with E-state index in [1.807, 2.05) is 25.1 Å².